The predicted molar refractivity (Wildman–Crippen MR) is 72.3 cm³/mol. The maximum absolute atomic E-state index is 12.8. The molecule has 3 nitrogen and oxygen atoms in total. The van der Waals surface area contributed by atoms with Crippen molar-refractivity contribution in [2.45, 2.75) is 43.9 Å². The third kappa shape index (κ3) is 4.27. The number of rotatable bonds is 5. The van der Waals surface area contributed by atoms with Gasteiger partial charge in [-0.15, -0.1) is 0 Å². The molecule has 1 aromatic carbocycles. The van der Waals surface area contributed by atoms with Crippen LogP contribution in [0.15, 0.2) is 24.3 Å². The van der Waals surface area contributed by atoms with E-state index in [4.69, 9.17) is 15.2 Å². The third-order valence-electron chi connectivity index (χ3n) is 3.72. The maximum Gasteiger partial charge on any atom is 0.123 e. The summed E-state index contributed by atoms with van der Waals surface area (Å²) < 4.78 is 24.1. The van der Waals surface area contributed by atoms with Gasteiger partial charge in [-0.05, 0) is 43.4 Å². The Morgan fingerprint density at radius 2 is 1.95 bits per heavy atom. The van der Waals surface area contributed by atoms with Crippen LogP contribution < -0.4 is 5.73 Å². The van der Waals surface area contributed by atoms with Crippen LogP contribution in [0, 0.1) is 5.82 Å². The molecule has 2 rings (SSSR count). The Labute approximate surface area is 113 Å². The highest BCUT2D eigenvalue weighted by Crippen LogP contribution is 2.24. The fourth-order valence-electron chi connectivity index (χ4n) is 2.51. The summed E-state index contributed by atoms with van der Waals surface area (Å²) in [6, 6.07) is 6.07. The summed E-state index contributed by atoms with van der Waals surface area (Å²) in [7, 11) is 1.75. The lowest BCUT2D eigenvalue weighted by molar-refractivity contribution is -0.0332. The Kier molecular flexibility index (Phi) is 5.31. The minimum Gasteiger partial charge on any atom is -0.381 e. The molecular formula is C15H22FNO2. The summed E-state index contributed by atoms with van der Waals surface area (Å²) in [6.45, 7) is 0.465. The average molecular weight is 267 g/mol. The van der Waals surface area contributed by atoms with E-state index in [1.54, 1.807) is 19.2 Å². The second kappa shape index (κ2) is 6.98. The van der Waals surface area contributed by atoms with Crippen molar-refractivity contribution in [1.82, 2.24) is 0 Å². The van der Waals surface area contributed by atoms with Crippen molar-refractivity contribution < 1.29 is 13.9 Å². The molecule has 1 saturated carbocycles. The van der Waals surface area contributed by atoms with Gasteiger partial charge in [0.2, 0.25) is 0 Å². The highest BCUT2D eigenvalue weighted by atomic mass is 19.1. The maximum atomic E-state index is 12.8. The molecule has 1 fully saturated rings. The first kappa shape index (κ1) is 14.4. The molecule has 4 heteroatoms. The Hall–Kier alpha value is -0.970. The Morgan fingerprint density at radius 1 is 1.26 bits per heavy atom. The Bertz CT molecular complexity index is 382. The van der Waals surface area contributed by atoms with E-state index < -0.39 is 0 Å². The molecule has 3 unspecified atom stereocenters. The van der Waals surface area contributed by atoms with Gasteiger partial charge >= 0.3 is 0 Å². The van der Waals surface area contributed by atoms with Crippen LogP contribution in [0.4, 0.5) is 4.39 Å². The fraction of sp³-hybridized carbons (Fsp3) is 0.600. The van der Waals surface area contributed by atoms with Gasteiger partial charge in [0.05, 0.1) is 24.9 Å². The molecule has 0 saturated heterocycles. The molecule has 106 valence electrons. The number of ether oxygens (including phenoxy) is 2. The van der Waals surface area contributed by atoms with Crippen LogP contribution in [-0.2, 0) is 9.47 Å². The van der Waals surface area contributed by atoms with Gasteiger partial charge < -0.3 is 15.2 Å². The van der Waals surface area contributed by atoms with E-state index in [9.17, 15) is 4.39 Å². The minimum absolute atomic E-state index is 0.205. The summed E-state index contributed by atoms with van der Waals surface area (Å²) in [5.74, 6) is -0.243. The number of benzene rings is 1. The van der Waals surface area contributed by atoms with Gasteiger partial charge in [0, 0.05) is 7.11 Å². The molecule has 2 N–H and O–H groups in total. The molecule has 0 amide bonds. The normalized spacial score (nSPS) is 25.2. The van der Waals surface area contributed by atoms with Crippen molar-refractivity contribution in [3.8, 4) is 0 Å². The molecule has 0 aliphatic heterocycles. The van der Waals surface area contributed by atoms with Crippen LogP contribution in [-0.4, -0.2) is 25.9 Å². The first-order valence-electron chi connectivity index (χ1n) is 6.84. The molecule has 0 aromatic heterocycles. The summed E-state index contributed by atoms with van der Waals surface area (Å²) in [5, 5.41) is 0. The molecular weight excluding hydrogens is 245 g/mol. The fourth-order valence-corrected chi connectivity index (χ4v) is 2.51. The lowest BCUT2D eigenvalue weighted by Gasteiger charge is -2.29. The van der Waals surface area contributed by atoms with Gasteiger partial charge in [-0.3, -0.25) is 0 Å². The number of methoxy groups -OCH3 is 1. The SMILES string of the molecule is COC1CCCC(OCC(N)c2ccc(F)cc2)C1. The van der Waals surface area contributed by atoms with E-state index in [0.717, 1.165) is 31.2 Å². The van der Waals surface area contributed by atoms with Gasteiger partial charge in [0.25, 0.3) is 0 Å². The standard InChI is InChI=1S/C15H22FNO2/c1-18-13-3-2-4-14(9-13)19-10-15(17)11-5-7-12(16)8-6-11/h5-8,13-15H,2-4,9-10,17H2,1H3. The lowest BCUT2D eigenvalue weighted by atomic mass is 9.95. The molecule has 0 bridgehead atoms. The molecule has 0 spiro atoms. The quantitative estimate of drug-likeness (QED) is 0.892. The number of nitrogens with two attached hydrogens (primary N) is 1. The Balaban J connectivity index is 1.79. The van der Waals surface area contributed by atoms with Crippen molar-refractivity contribution >= 4 is 0 Å². The average Bonchev–Trinajstić information content (AvgIpc) is 2.46. The van der Waals surface area contributed by atoms with Gasteiger partial charge in [-0.25, -0.2) is 4.39 Å². The van der Waals surface area contributed by atoms with Crippen LogP contribution in [0.25, 0.3) is 0 Å². The topological polar surface area (TPSA) is 44.5 Å². The number of hydrogen-bond acceptors (Lipinski definition) is 3. The van der Waals surface area contributed by atoms with E-state index in [1.807, 2.05) is 0 Å². The molecule has 3 atom stereocenters. The van der Waals surface area contributed by atoms with E-state index in [1.165, 1.54) is 12.1 Å². The zero-order chi connectivity index (χ0) is 13.7. The van der Waals surface area contributed by atoms with E-state index in [2.05, 4.69) is 0 Å². The second-order valence-corrected chi connectivity index (χ2v) is 5.14. The zero-order valence-corrected chi connectivity index (χ0v) is 11.3. The molecule has 1 aliphatic carbocycles. The first-order chi connectivity index (χ1) is 9.19. The van der Waals surface area contributed by atoms with Gasteiger partial charge in [-0.2, -0.15) is 0 Å². The lowest BCUT2D eigenvalue weighted by Crippen LogP contribution is -2.30. The molecule has 0 radical (unpaired) electrons. The van der Waals surface area contributed by atoms with Gasteiger partial charge in [0.15, 0.2) is 0 Å². The van der Waals surface area contributed by atoms with Gasteiger partial charge in [0.1, 0.15) is 5.82 Å². The third-order valence-corrected chi connectivity index (χ3v) is 3.72. The van der Waals surface area contributed by atoms with E-state index in [0.29, 0.717) is 12.7 Å². The number of halogens is 1. The summed E-state index contributed by atoms with van der Waals surface area (Å²) in [6.07, 6.45) is 4.78. The largest absolute Gasteiger partial charge is 0.381 e. The van der Waals surface area contributed by atoms with E-state index in [-0.39, 0.29) is 18.0 Å². The zero-order valence-electron chi connectivity index (χ0n) is 11.3. The van der Waals surface area contributed by atoms with Crippen molar-refractivity contribution in [3.63, 3.8) is 0 Å². The van der Waals surface area contributed by atoms with Crippen LogP contribution in [0.1, 0.15) is 37.3 Å². The molecule has 19 heavy (non-hydrogen) atoms. The van der Waals surface area contributed by atoms with Crippen molar-refractivity contribution in [2.75, 3.05) is 13.7 Å². The number of hydrogen-bond donors (Lipinski definition) is 1. The monoisotopic (exact) mass is 267 g/mol. The summed E-state index contributed by atoms with van der Waals surface area (Å²) >= 11 is 0. The van der Waals surface area contributed by atoms with Crippen molar-refractivity contribution in [2.24, 2.45) is 5.73 Å². The van der Waals surface area contributed by atoms with Crippen molar-refractivity contribution in [1.29, 1.82) is 0 Å². The van der Waals surface area contributed by atoms with Crippen LogP contribution in [0.2, 0.25) is 0 Å². The highest BCUT2D eigenvalue weighted by Gasteiger charge is 2.22. The summed E-state index contributed by atoms with van der Waals surface area (Å²) in [5.41, 5.74) is 6.95. The molecule has 1 aromatic rings. The predicted octanol–water partition coefficient (Wildman–Crippen LogP) is 2.80. The summed E-state index contributed by atoms with van der Waals surface area (Å²) in [4.78, 5) is 0. The minimum atomic E-state index is -0.243. The second-order valence-electron chi connectivity index (χ2n) is 5.14. The Morgan fingerprint density at radius 3 is 2.63 bits per heavy atom. The van der Waals surface area contributed by atoms with E-state index >= 15 is 0 Å². The van der Waals surface area contributed by atoms with Crippen LogP contribution >= 0.6 is 0 Å². The smallest absolute Gasteiger partial charge is 0.123 e. The highest BCUT2D eigenvalue weighted by molar-refractivity contribution is 5.19. The van der Waals surface area contributed by atoms with Crippen LogP contribution in [0.5, 0.6) is 0 Å². The molecule has 1 aliphatic rings. The van der Waals surface area contributed by atoms with Crippen molar-refractivity contribution in [3.05, 3.63) is 35.6 Å². The first-order valence-corrected chi connectivity index (χ1v) is 6.84. The van der Waals surface area contributed by atoms with Gasteiger partial charge in [-0.1, -0.05) is 12.1 Å². The molecule has 0 heterocycles. The van der Waals surface area contributed by atoms with Crippen LogP contribution in [0.3, 0.4) is 0 Å².